The number of ketones is 6. The zero-order valence-corrected chi connectivity index (χ0v) is 39.8. The number of aliphatic carboxylic acids is 1. The van der Waals surface area contributed by atoms with E-state index in [1.54, 1.807) is 91.0 Å². The first-order chi connectivity index (χ1) is 35.6. The maximum absolute atomic E-state index is 12.8. The molecule has 10 N–H and O–H groups in total. The van der Waals surface area contributed by atoms with Crippen LogP contribution in [0.4, 0.5) is 0 Å². The van der Waals surface area contributed by atoms with Crippen LogP contribution in [0.3, 0.4) is 0 Å². The number of hydrogen-bond donors (Lipinski definition) is 8. The summed E-state index contributed by atoms with van der Waals surface area (Å²) in [5, 5.41) is 27.3. The Morgan fingerprint density at radius 2 is 0.851 bits per heavy atom. The van der Waals surface area contributed by atoms with E-state index < -0.39 is 17.9 Å². The van der Waals surface area contributed by atoms with Crippen LogP contribution in [0.15, 0.2) is 127 Å². The van der Waals surface area contributed by atoms with Gasteiger partial charge in [0.2, 0.25) is 0 Å². The quantitative estimate of drug-likeness (QED) is 0.0428. The number of nitrogens with two attached hydrogens (primary N) is 2. The largest absolute Gasteiger partial charge is 0.480 e. The molecule has 374 valence electrons. The summed E-state index contributed by atoms with van der Waals surface area (Å²) in [5.41, 5.74) is 15.2. The van der Waals surface area contributed by atoms with Gasteiger partial charge in [-0.15, -0.1) is 0 Å². The Morgan fingerprint density at radius 1 is 0.500 bits per heavy atom. The van der Waals surface area contributed by atoms with Gasteiger partial charge < -0.3 is 37.8 Å². The molecule has 18 nitrogen and oxygen atoms in total. The highest BCUT2D eigenvalue weighted by atomic mass is 16.4. The van der Waals surface area contributed by atoms with Crippen molar-refractivity contribution in [2.75, 3.05) is 33.2 Å². The van der Waals surface area contributed by atoms with Gasteiger partial charge in [0.25, 0.3) is 17.7 Å². The summed E-state index contributed by atoms with van der Waals surface area (Å²) in [7, 11) is 1.52. The predicted molar refractivity (Wildman–Crippen MR) is 272 cm³/mol. The minimum Gasteiger partial charge on any atom is -0.480 e. The van der Waals surface area contributed by atoms with Gasteiger partial charge in [-0.25, -0.2) is 4.79 Å². The summed E-state index contributed by atoms with van der Waals surface area (Å²) in [6, 6.07) is 32.1. The lowest BCUT2D eigenvalue weighted by Gasteiger charge is -2.19. The number of fused-ring (bicyclic) bond motifs is 6. The van der Waals surface area contributed by atoms with Crippen LogP contribution in [0.2, 0.25) is 0 Å². The molecule has 1 atom stereocenters. The summed E-state index contributed by atoms with van der Waals surface area (Å²) in [5.74, 6) is -3.98. The highest BCUT2D eigenvalue weighted by molar-refractivity contribution is 6.30. The number of carboxylic acids is 1. The number of nitrogens with one attached hydrogen (secondary N) is 5. The number of rotatable bonds is 14. The summed E-state index contributed by atoms with van der Waals surface area (Å²) in [6.45, 7) is 2.28. The van der Waals surface area contributed by atoms with Gasteiger partial charge in [-0.05, 0) is 67.4 Å². The van der Waals surface area contributed by atoms with Gasteiger partial charge in [-0.2, -0.15) is 0 Å². The maximum Gasteiger partial charge on any atom is 0.326 e. The van der Waals surface area contributed by atoms with E-state index in [1.165, 1.54) is 43.4 Å². The molecule has 0 aromatic heterocycles. The molecule has 9 rings (SSSR count). The molecule has 0 saturated carbocycles. The van der Waals surface area contributed by atoms with Crippen LogP contribution in [0, 0.1) is 5.41 Å². The first kappa shape index (κ1) is 52.4. The van der Waals surface area contributed by atoms with Gasteiger partial charge >= 0.3 is 5.97 Å². The van der Waals surface area contributed by atoms with E-state index in [0.717, 1.165) is 0 Å². The highest BCUT2D eigenvalue weighted by Gasteiger charge is 2.33. The van der Waals surface area contributed by atoms with E-state index in [0.29, 0.717) is 82.7 Å². The molecule has 0 spiro atoms. The van der Waals surface area contributed by atoms with Crippen molar-refractivity contribution in [3.05, 3.63) is 211 Å². The van der Waals surface area contributed by atoms with Gasteiger partial charge in [-0.1, -0.05) is 72.8 Å². The summed E-state index contributed by atoms with van der Waals surface area (Å²) < 4.78 is 0. The number of amides is 3. The molecule has 0 radical (unpaired) electrons. The minimum atomic E-state index is -1.21. The number of carbonyl (C=O) groups excluding carboxylic acids is 9. The average molecular weight is 996 g/mol. The second-order valence-electron chi connectivity index (χ2n) is 17.0. The van der Waals surface area contributed by atoms with E-state index in [1.807, 2.05) is 0 Å². The van der Waals surface area contributed by atoms with Gasteiger partial charge in [0, 0.05) is 123 Å². The Balaban J connectivity index is 0.000000165. The fraction of sp³-hybridized carbons (Fsp3) is 0.161. The van der Waals surface area contributed by atoms with Gasteiger partial charge in [0.05, 0.1) is 5.84 Å². The number of carboxylic acid groups (broad SMARTS) is 1. The molecular weight excluding hydrogens is 947 g/mol. The van der Waals surface area contributed by atoms with E-state index in [2.05, 4.69) is 21.3 Å². The topological polar surface area (TPSA) is 315 Å². The van der Waals surface area contributed by atoms with Crippen LogP contribution < -0.4 is 32.7 Å². The van der Waals surface area contributed by atoms with Gasteiger partial charge in [0.1, 0.15) is 6.04 Å². The third-order valence-electron chi connectivity index (χ3n) is 12.2. The fourth-order valence-corrected chi connectivity index (χ4v) is 8.46. The third-order valence-corrected chi connectivity index (χ3v) is 12.2. The Labute approximate surface area is 423 Å². The molecule has 0 saturated heterocycles. The molecule has 18 heteroatoms. The lowest BCUT2D eigenvalue weighted by molar-refractivity contribution is -0.139. The normalized spacial score (nSPS) is 12.8. The van der Waals surface area contributed by atoms with E-state index in [-0.39, 0.29) is 98.6 Å². The van der Waals surface area contributed by atoms with Crippen molar-refractivity contribution in [1.82, 2.24) is 21.3 Å². The molecule has 0 fully saturated rings. The molecule has 74 heavy (non-hydrogen) atoms. The van der Waals surface area contributed by atoms with Crippen molar-refractivity contribution in [1.29, 1.82) is 5.41 Å². The zero-order valence-electron chi connectivity index (χ0n) is 39.8. The molecule has 3 amide bonds. The summed E-state index contributed by atoms with van der Waals surface area (Å²) >= 11 is 0. The standard InChI is InChI=1S/C21H19N3O5.C19H19N3O3.C16H11NO3/c22-17(23)7-3-6-16(21(28)29)24-20(27)11-8-9-14-15(10-11)19(26)13-5-2-1-4-12(13)18(14)25;20-7-8-21-9-10-22-19(25)12-5-6-15-16(11-12)18(24)14-4-2-1-3-13(14)17(15)23;1-17-16(20)9-6-7-12-13(8-9)15(19)11-5-3-2-4-10(11)14(12)18/h1-2,4-5,8-10,16H,3,6-7H2,(H3,22,23)(H,24,27)(H,28,29);1-6,11,21H,7-10,20H2,(H,22,25);2-8H,1H3,(H,17,20). The molecule has 0 heterocycles. The SMILES string of the molecule is CNC(=O)c1ccc2c(c1)C(=O)c1ccccc1C2=O.N=C(N)CCCC(NC(=O)c1ccc2c(c1)C(=O)c1ccccc1C2=O)C(=O)O.NCCNCCNC(=O)c1ccc2c(c1)C(=O)c1ccccc1C2=O. The molecule has 6 aromatic carbocycles. The molecule has 1 unspecified atom stereocenters. The summed E-state index contributed by atoms with van der Waals surface area (Å²) in [6.07, 6.45) is 0.672. The van der Waals surface area contributed by atoms with Crippen molar-refractivity contribution >= 4 is 64.2 Å². The van der Waals surface area contributed by atoms with Crippen LogP contribution in [-0.2, 0) is 4.79 Å². The van der Waals surface area contributed by atoms with E-state index in [9.17, 15) is 53.1 Å². The minimum absolute atomic E-state index is 0.0568. The van der Waals surface area contributed by atoms with Gasteiger partial charge in [0.15, 0.2) is 34.7 Å². The van der Waals surface area contributed by atoms with E-state index >= 15 is 0 Å². The lowest BCUT2D eigenvalue weighted by Crippen LogP contribution is -2.41. The molecular formula is C56H49N7O11. The van der Waals surface area contributed by atoms with Crippen molar-refractivity contribution < 1.29 is 53.1 Å². The first-order valence-electron chi connectivity index (χ1n) is 23.3. The van der Waals surface area contributed by atoms with Crippen molar-refractivity contribution in [2.45, 2.75) is 25.3 Å². The number of amidine groups is 1. The average Bonchev–Trinajstić information content (AvgIpc) is 3.42. The molecule has 3 aliphatic rings. The number of benzene rings is 6. The Bertz CT molecular complexity index is 3350. The zero-order chi connectivity index (χ0) is 53.2. The van der Waals surface area contributed by atoms with Crippen molar-refractivity contribution in [3.8, 4) is 0 Å². The number of carbonyl (C=O) groups is 10. The second-order valence-corrected chi connectivity index (χ2v) is 17.0. The predicted octanol–water partition coefficient (Wildman–Crippen LogP) is 4.31. The Morgan fingerprint density at radius 3 is 1.20 bits per heavy atom. The molecule has 6 aromatic rings. The Kier molecular flexibility index (Phi) is 16.5. The summed E-state index contributed by atoms with van der Waals surface area (Å²) in [4.78, 5) is 123. The molecule has 0 bridgehead atoms. The second kappa shape index (κ2) is 23.2. The van der Waals surface area contributed by atoms with E-state index in [4.69, 9.17) is 16.9 Å². The van der Waals surface area contributed by atoms with Crippen LogP contribution >= 0.6 is 0 Å². The van der Waals surface area contributed by atoms with Crippen LogP contribution in [0.1, 0.15) is 146 Å². The van der Waals surface area contributed by atoms with Crippen LogP contribution in [-0.4, -0.2) is 109 Å². The molecule has 0 aliphatic heterocycles. The van der Waals surface area contributed by atoms with Crippen molar-refractivity contribution in [3.63, 3.8) is 0 Å². The monoisotopic (exact) mass is 995 g/mol. The third kappa shape index (κ3) is 11.2. The fourth-order valence-electron chi connectivity index (χ4n) is 8.46. The lowest BCUT2D eigenvalue weighted by atomic mass is 9.83. The van der Waals surface area contributed by atoms with Gasteiger partial charge in [-0.3, -0.25) is 48.6 Å². The highest BCUT2D eigenvalue weighted by Crippen LogP contribution is 2.31. The maximum atomic E-state index is 12.8. The smallest absolute Gasteiger partial charge is 0.326 e. The van der Waals surface area contributed by atoms with Crippen LogP contribution in [0.25, 0.3) is 0 Å². The Hall–Kier alpha value is -9.39. The molecule has 3 aliphatic carbocycles. The number of hydrogen-bond acceptors (Lipinski definition) is 13. The van der Waals surface area contributed by atoms with Crippen LogP contribution in [0.5, 0.6) is 0 Å². The first-order valence-corrected chi connectivity index (χ1v) is 23.3. The van der Waals surface area contributed by atoms with Crippen molar-refractivity contribution in [2.24, 2.45) is 11.5 Å².